The maximum absolute atomic E-state index is 12.2. The van der Waals surface area contributed by atoms with Crippen molar-refractivity contribution in [1.29, 1.82) is 0 Å². The summed E-state index contributed by atoms with van der Waals surface area (Å²) in [6.45, 7) is 6.94. The molecule has 1 amide bonds. The van der Waals surface area contributed by atoms with Crippen LogP contribution in [-0.2, 0) is 4.79 Å². The minimum absolute atomic E-state index is 0. The summed E-state index contributed by atoms with van der Waals surface area (Å²) >= 11 is 0. The SMILES string of the molecule is CC(C)c1ccc(OCC(=O)NCC(c2ccco2)N2CCCC2)cc1.Cl. The number of hydrogen-bond acceptors (Lipinski definition) is 4. The number of benzene rings is 1. The third-order valence-corrected chi connectivity index (χ3v) is 4.86. The molecular weight excluding hydrogens is 364 g/mol. The molecule has 3 rings (SSSR count). The third-order valence-electron chi connectivity index (χ3n) is 4.86. The summed E-state index contributed by atoms with van der Waals surface area (Å²) in [4.78, 5) is 14.6. The third kappa shape index (κ3) is 6.01. The fourth-order valence-corrected chi connectivity index (χ4v) is 3.30. The van der Waals surface area contributed by atoms with Gasteiger partial charge in [-0.1, -0.05) is 26.0 Å². The van der Waals surface area contributed by atoms with Gasteiger partial charge in [0.2, 0.25) is 0 Å². The number of furan rings is 1. The Hall–Kier alpha value is -1.98. The number of likely N-dealkylation sites (tertiary alicyclic amines) is 1. The summed E-state index contributed by atoms with van der Waals surface area (Å²) in [5.74, 6) is 1.98. The fourth-order valence-electron chi connectivity index (χ4n) is 3.30. The fraction of sp³-hybridized carbons (Fsp3) is 0.476. The van der Waals surface area contributed by atoms with Crippen molar-refractivity contribution in [2.45, 2.75) is 38.6 Å². The molecule has 2 aromatic rings. The van der Waals surface area contributed by atoms with Gasteiger partial charge in [-0.2, -0.15) is 0 Å². The molecule has 1 aromatic heterocycles. The van der Waals surface area contributed by atoms with Gasteiger partial charge in [-0.25, -0.2) is 0 Å². The second-order valence-electron chi connectivity index (χ2n) is 7.09. The maximum atomic E-state index is 12.2. The Balaban J connectivity index is 0.00000261. The molecule has 0 saturated carbocycles. The average molecular weight is 393 g/mol. The number of carbonyl (C=O) groups excluding carboxylic acids is 1. The van der Waals surface area contributed by atoms with Crippen LogP contribution < -0.4 is 10.1 Å². The van der Waals surface area contributed by atoms with Crippen LogP contribution in [0.1, 0.15) is 50.0 Å². The van der Waals surface area contributed by atoms with E-state index in [1.807, 2.05) is 36.4 Å². The van der Waals surface area contributed by atoms with Gasteiger partial charge in [0, 0.05) is 6.54 Å². The lowest BCUT2D eigenvalue weighted by Crippen LogP contribution is -2.38. The average Bonchev–Trinajstić information content (AvgIpc) is 3.35. The second kappa shape index (κ2) is 10.4. The Kier molecular flexibility index (Phi) is 8.20. The lowest BCUT2D eigenvalue weighted by Gasteiger charge is -2.26. The molecule has 5 nitrogen and oxygen atoms in total. The van der Waals surface area contributed by atoms with Gasteiger partial charge in [-0.15, -0.1) is 12.4 Å². The van der Waals surface area contributed by atoms with E-state index in [2.05, 4.69) is 24.1 Å². The van der Waals surface area contributed by atoms with Crippen molar-refractivity contribution in [3.8, 4) is 5.75 Å². The van der Waals surface area contributed by atoms with Gasteiger partial charge in [0.25, 0.3) is 5.91 Å². The van der Waals surface area contributed by atoms with Crippen LogP contribution in [0.5, 0.6) is 5.75 Å². The highest BCUT2D eigenvalue weighted by Gasteiger charge is 2.25. The molecule has 0 spiro atoms. The standard InChI is InChI=1S/C21H28N2O3.ClH/c1-16(2)17-7-9-18(10-8-17)26-15-21(24)22-14-19(20-6-5-13-25-20)23-11-3-4-12-23;/h5-10,13,16,19H,3-4,11-12,14-15H2,1-2H3,(H,22,24);1H. The number of ether oxygens (including phenoxy) is 1. The van der Waals surface area contributed by atoms with E-state index >= 15 is 0 Å². The summed E-state index contributed by atoms with van der Waals surface area (Å²) in [7, 11) is 0. The first-order chi connectivity index (χ1) is 12.6. The first-order valence-electron chi connectivity index (χ1n) is 9.40. The highest BCUT2D eigenvalue weighted by molar-refractivity contribution is 5.85. The van der Waals surface area contributed by atoms with Crippen molar-refractivity contribution in [2.24, 2.45) is 0 Å². The summed E-state index contributed by atoms with van der Waals surface area (Å²) in [6, 6.07) is 11.9. The van der Waals surface area contributed by atoms with Crippen molar-refractivity contribution < 1.29 is 13.9 Å². The Bertz CT molecular complexity index is 680. The zero-order chi connectivity index (χ0) is 18.4. The van der Waals surface area contributed by atoms with Crippen molar-refractivity contribution >= 4 is 18.3 Å². The normalized spacial score (nSPS) is 15.4. The largest absolute Gasteiger partial charge is 0.484 e. The van der Waals surface area contributed by atoms with Gasteiger partial charge >= 0.3 is 0 Å². The predicted octanol–water partition coefficient (Wildman–Crippen LogP) is 4.16. The molecule has 0 radical (unpaired) electrons. The summed E-state index contributed by atoms with van der Waals surface area (Å²) < 4.78 is 11.2. The van der Waals surface area contributed by atoms with Gasteiger partial charge in [0.15, 0.2) is 6.61 Å². The van der Waals surface area contributed by atoms with Crippen molar-refractivity contribution in [3.05, 3.63) is 54.0 Å². The number of rotatable bonds is 8. The van der Waals surface area contributed by atoms with Crippen LogP contribution in [-0.4, -0.2) is 37.0 Å². The van der Waals surface area contributed by atoms with Crippen LogP contribution in [0.3, 0.4) is 0 Å². The first-order valence-corrected chi connectivity index (χ1v) is 9.40. The number of carbonyl (C=O) groups is 1. The molecule has 0 bridgehead atoms. The van der Waals surface area contributed by atoms with Crippen LogP contribution in [0.25, 0.3) is 0 Å². The van der Waals surface area contributed by atoms with Crippen LogP contribution >= 0.6 is 12.4 Å². The highest BCUT2D eigenvalue weighted by Crippen LogP contribution is 2.25. The van der Waals surface area contributed by atoms with E-state index in [1.165, 1.54) is 18.4 Å². The predicted molar refractivity (Wildman–Crippen MR) is 109 cm³/mol. The zero-order valence-electron chi connectivity index (χ0n) is 16.0. The van der Waals surface area contributed by atoms with Crippen LogP contribution in [0.4, 0.5) is 0 Å². The Morgan fingerprint density at radius 2 is 1.89 bits per heavy atom. The molecule has 148 valence electrons. The molecule has 6 heteroatoms. The Morgan fingerprint density at radius 3 is 2.48 bits per heavy atom. The molecule has 1 aliphatic rings. The number of amides is 1. The quantitative estimate of drug-likeness (QED) is 0.733. The van der Waals surface area contributed by atoms with E-state index in [0.717, 1.165) is 18.8 Å². The van der Waals surface area contributed by atoms with E-state index in [0.29, 0.717) is 18.2 Å². The molecular formula is C21H29ClN2O3. The van der Waals surface area contributed by atoms with Gasteiger partial charge in [0.05, 0.1) is 12.3 Å². The smallest absolute Gasteiger partial charge is 0.258 e. The number of halogens is 1. The molecule has 2 heterocycles. The zero-order valence-corrected chi connectivity index (χ0v) is 16.8. The molecule has 1 aromatic carbocycles. The molecule has 27 heavy (non-hydrogen) atoms. The molecule has 1 aliphatic heterocycles. The molecule has 1 saturated heterocycles. The molecule has 1 fully saturated rings. The van der Waals surface area contributed by atoms with Crippen LogP contribution in [0.15, 0.2) is 47.1 Å². The maximum Gasteiger partial charge on any atom is 0.258 e. The number of nitrogens with zero attached hydrogens (tertiary/aromatic N) is 1. The lowest BCUT2D eigenvalue weighted by atomic mass is 10.0. The van der Waals surface area contributed by atoms with Crippen molar-refractivity contribution in [2.75, 3.05) is 26.2 Å². The Morgan fingerprint density at radius 1 is 1.19 bits per heavy atom. The molecule has 0 aliphatic carbocycles. The van der Waals surface area contributed by atoms with Gasteiger partial charge in [-0.3, -0.25) is 9.69 Å². The number of hydrogen-bond donors (Lipinski definition) is 1. The summed E-state index contributed by atoms with van der Waals surface area (Å²) in [5, 5.41) is 2.98. The lowest BCUT2D eigenvalue weighted by molar-refractivity contribution is -0.123. The minimum Gasteiger partial charge on any atom is -0.484 e. The monoisotopic (exact) mass is 392 g/mol. The topological polar surface area (TPSA) is 54.7 Å². The van der Waals surface area contributed by atoms with E-state index < -0.39 is 0 Å². The first kappa shape index (κ1) is 21.3. The summed E-state index contributed by atoms with van der Waals surface area (Å²) in [5.41, 5.74) is 1.26. The van der Waals surface area contributed by atoms with E-state index in [4.69, 9.17) is 9.15 Å². The van der Waals surface area contributed by atoms with Gasteiger partial charge in [-0.05, 0) is 61.7 Å². The Labute approximate surface area is 167 Å². The van der Waals surface area contributed by atoms with Crippen LogP contribution in [0.2, 0.25) is 0 Å². The van der Waals surface area contributed by atoms with Gasteiger partial charge in [0.1, 0.15) is 11.5 Å². The van der Waals surface area contributed by atoms with E-state index in [9.17, 15) is 4.79 Å². The van der Waals surface area contributed by atoms with Crippen LogP contribution in [0, 0.1) is 0 Å². The van der Waals surface area contributed by atoms with Crippen molar-refractivity contribution in [1.82, 2.24) is 10.2 Å². The van der Waals surface area contributed by atoms with E-state index in [-0.39, 0.29) is 31.0 Å². The molecule has 1 unspecified atom stereocenters. The molecule has 1 N–H and O–H groups in total. The molecule has 1 atom stereocenters. The minimum atomic E-state index is -0.117. The second-order valence-corrected chi connectivity index (χ2v) is 7.09. The van der Waals surface area contributed by atoms with E-state index in [1.54, 1.807) is 6.26 Å². The number of nitrogens with one attached hydrogen (secondary N) is 1. The highest BCUT2D eigenvalue weighted by atomic mass is 35.5. The van der Waals surface area contributed by atoms with Crippen molar-refractivity contribution in [3.63, 3.8) is 0 Å². The van der Waals surface area contributed by atoms with Gasteiger partial charge < -0.3 is 14.5 Å². The summed E-state index contributed by atoms with van der Waals surface area (Å²) in [6.07, 6.45) is 4.07.